The van der Waals surface area contributed by atoms with Gasteiger partial charge in [-0.1, -0.05) is 91.0 Å². The molecule has 3 heterocycles. The Morgan fingerprint density at radius 2 is 1.18 bits per heavy atom. The van der Waals surface area contributed by atoms with Crippen molar-refractivity contribution in [3.05, 3.63) is 125 Å². The maximum Gasteiger partial charge on any atom is 0.514 e. The Labute approximate surface area is 222 Å². The first-order chi connectivity index (χ1) is 18.3. The molecule has 7 heteroatoms. The largest absolute Gasteiger partial charge is 0.514 e. The molecule has 0 saturated carbocycles. The lowest BCUT2D eigenvalue weighted by molar-refractivity contribution is 0.00578. The lowest BCUT2D eigenvalue weighted by Gasteiger charge is -2.37. The summed E-state index contributed by atoms with van der Waals surface area (Å²) in [5.74, 6) is -0.437. The van der Waals surface area contributed by atoms with Gasteiger partial charge in [0.05, 0.1) is 28.4 Å². The second kappa shape index (κ2) is 8.89. The molecule has 2 aromatic heterocycles. The number of nitrogens with one attached hydrogen (secondary N) is 1. The standard InChI is InChI=1S/C31H29BFN3O2/c1-29(2)30(3,4)38-32(37-29)27-25-26(24(33)20-34-28(25)36-35-27)31(21-14-8-5-9-15-21,22-16-10-6-11-17-22)23-18-12-7-13-19-23/h5-20H,1-4H3,(H,34,35,36). The topological polar surface area (TPSA) is 60.0 Å². The van der Waals surface area contributed by atoms with Crippen molar-refractivity contribution in [2.75, 3.05) is 0 Å². The van der Waals surface area contributed by atoms with Crippen LogP contribution >= 0.6 is 0 Å². The van der Waals surface area contributed by atoms with E-state index >= 15 is 4.39 Å². The number of nitrogens with zero attached hydrogens (tertiary/aromatic N) is 2. The van der Waals surface area contributed by atoms with Crippen LogP contribution in [0.2, 0.25) is 0 Å². The van der Waals surface area contributed by atoms with Gasteiger partial charge in [0.25, 0.3) is 0 Å². The van der Waals surface area contributed by atoms with Gasteiger partial charge in [0.15, 0.2) is 5.65 Å². The molecule has 0 spiro atoms. The zero-order chi connectivity index (χ0) is 26.5. The number of pyridine rings is 1. The normalized spacial score (nSPS) is 16.7. The third-order valence-corrected chi connectivity index (χ3v) is 8.05. The molecular weight excluding hydrogens is 476 g/mol. The number of hydrogen-bond donors (Lipinski definition) is 1. The molecule has 190 valence electrons. The smallest absolute Gasteiger partial charge is 0.398 e. The van der Waals surface area contributed by atoms with E-state index in [9.17, 15) is 0 Å². The zero-order valence-corrected chi connectivity index (χ0v) is 21.9. The van der Waals surface area contributed by atoms with E-state index in [-0.39, 0.29) is 0 Å². The summed E-state index contributed by atoms with van der Waals surface area (Å²) in [7, 11) is -0.771. The van der Waals surface area contributed by atoms with Gasteiger partial charge in [-0.15, -0.1) is 0 Å². The Bertz CT molecular complexity index is 1470. The Kier molecular flexibility index (Phi) is 5.74. The van der Waals surface area contributed by atoms with Crippen LogP contribution in [0.3, 0.4) is 0 Å². The maximum absolute atomic E-state index is 16.5. The summed E-state index contributed by atoms with van der Waals surface area (Å²) >= 11 is 0. The summed E-state index contributed by atoms with van der Waals surface area (Å²) in [4.78, 5) is 4.37. The van der Waals surface area contributed by atoms with Crippen molar-refractivity contribution in [1.29, 1.82) is 0 Å². The second-order valence-corrected chi connectivity index (χ2v) is 10.8. The highest BCUT2D eigenvalue weighted by Crippen LogP contribution is 2.48. The van der Waals surface area contributed by atoms with E-state index in [1.165, 1.54) is 6.20 Å². The average Bonchev–Trinajstić information content (AvgIpc) is 3.44. The Balaban J connectivity index is 1.75. The van der Waals surface area contributed by atoms with Gasteiger partial charge < -0.3 is 9.31 Å². The maximum atomic E-state index is 16.5. The fraction of sp³-hybridized carbons (Fsp3) is 0.226. The minimum atomic E-state index is -1.02. The fourth-order valence-corrected chi connectivity index (χ4v) is 5.48. The van der Waals surface area contributed by atoms with Crippen LogP contribution in [-0.2, 0) is 14.7 Å². The molecule has 1 aliphatic rings. The van der Waals surface area contributed by atoms with Crippen LogP contribution in [0.1, 0.15) is 49.9 Å². The van der Waals surface area contributed by atoms with Gasteiger partial charge >= 0.3 is 7.12 Å². The van der Waals surface area contributed by atoms with Crippen molar-refractivity contribution in [1.82, 2.24) is 15.2 Å². The minimum absolute atomic E-state index is 0.401. The van der Waals surface area contributed by atoms with E-state index in [1.807, 2.05) is 119 Å². The lowest BCUT2D eigenvalue weighted by atomic mass is 9.63. The fourth-order valence-electron chi connectivity index (χ4n) is 5.48. The van der Waals surface area contributed by atoms with Crippen molar-refractivity contribution in [3.63, 3.8) is 0 Å². The molecule has 0 bridgehead atoms. The number of fused-ring (bicyclic) bond motifs is 1. The summed E-state index contributed by atoms with van der Waals surface area (Å²) in [6.07, 6.45) is 1.26. The van der Waals surface area contributed by atoms with Crippen LogP contribution in [0.4, 0.5) is 4.39 Å². The van der Waals surface area contributed by atoms with E-state index in [1.54, 1.807) is 0 Å². The molecule has 1 aliphatic heterocycles. The number of hydrogen-bond acceptors (Lipinski definition) is 4. The zero-order valence-electron chi connectivity index (χ0n) is 21.9. The van der Waals surface area contributed by atoms with Gasteiger partial charge in [0, 0.05) is 10.9 Å². The predicted molar refractivity (Wildman–Crippen MR) is 148 cm³/mol. The molecule has 6 rings (SSSR count). The number of aromatic amines is 1. The number of rotatable bonds is 5. The van der Waals surface area contributed by atoms with Crippen molar-refractivity contribution in [2.45, 2.75) is 44.3 Å². The van der Waals surface area contributed by atoms with Crippen molar-refractivity contribution >= 4 is 23.7 Å². The summed E-state index contributed by atoms with van der Waals surface area (Å²) in [5, 5.41) is 8.14. The first-order valence-corrected chi connectivity index (χ1v) is 12.8. The summed E-state index contributed by atoms with van der Waals surface area (Å²) < 4.78 is 29.3. The van der Waals surface area contributed by atoms with Gasteiger partial charge in [0.2, 0.25) is 0 Å². The SMILES string of the molecule is CC1(C)OB(c2[nH]nc3ncc(F)c(C(c4ccccc4)(c4ccccc4)c4ccccc4)c23)OC1(C)C. The first-order valence-electron chi connectivity index (χ1n) is 12.8. The summed E-state index contributed by atoms with van der Waals surface area (Å²) in [6.45, 7) is 7.97. The van der Waals surface area contributed by atoms with Gasteiger partial charge in [-0.2, -0.15) is 5.10 Å². The number of aromatic nitrogens is 3. The second-order valence-electron chi connectivity index (χ2n) is 10.8. The van der Waals surface area contributed by atoms with Crippen LogP contribution in [0.25, 0.3) is 11.0 Å². The molecule has 1 N–H and O–H groups in total. The molecular formula is C31H29BFN3O2. The Morgan fingerprint density at radius 1 is 0.737 bits per heavy atom. The van der Waals surface area contributed by atoms with Crippen LogP contribution < -0.4 is 5.59 Å². The van der Waals surface area contributed by atoms with Crippen LogP contribution in [-0.4, -0.2) is 33.5 Å². The molecule has 1 saturated heterocycles. The Morgan fingerprint density at radius 3 is 1.63 bits per heavy atom. The van der Waals surface area contributed by atoms with Gasteiger partial charge in [-0.3, -0.25) is 5.10 Å². The number of H-pyrrole nitrogens is 1. The van der Waals surface area contributed by atoms with Gasteiger partial charge in [-0.05, 0) is 44.4 Å². The van der Waals surface area contributed by atoms with E-state index in [4.69, 9.17) is 9.31 Å². The molecule has 0 unspecified atom stereocenters. The highest BCUT2D eigenvalue weighted by Gasteiger charge is 2.54. The third kappa shape index (κ3) is 3.61. The summed E-state index contributed by atoms with van der Waals surface area (Å²) in [5.41, 5.74) is 1.99. The highest BCUT2D eigenvalue weighted by atomic mass is 19.1. The molecule has 0 radical (unpaired) electrons. The number of benzene rings is 3. The van der Waals surface area contributed by atoms with E-state index in [0.29, 0.717) is 22.2 Å². The average molecular weight is 505 g/mol. The van der Waals surface area contributed by atoms with Crippen molar-refractivity contribution in [3.8, 4) is 0 Å². The molecule has 5 aromatic rings. The molecule has 0 aliphatic carbocycles. The van der Waals surface area contributed by atoms with Gasteiger partial charge in [-0.25, -0.2) is 9.37 Å². The molecule has 38 heavy (non-hydrogen) atoms. The Hall–Kier alpha value is -3.81. The molecule has 1 fully saturated rings. The summed E-state index contributed by atoms with van der Waals surface area (Å²) in [6, 6.07) is 30.1. The molecule has 0 atom stereocenters. The molecule has 3 aromatic carbocycles. The predicted octanol–water partition coefficient (Wildman–Crippen LogP) is 5.78. The van der Waals surface area contributed by atoms with Crippen molar-refractivity contribution < 1.29 is 13.7 Å². The number of halogens is 1. The van der Waals surface area contributed by atoms with Crippen LogP contribution in [0.5, 0.6) is 0 Å². The minimum Gasteiger partial charge on any atom is -0.398 e. The highest BCUT2D eigenvalue weighted by molar-refractivity contribution is 6.64. The van der Waals surface area contributed by atoms with Gasteiger partial charge in [0.1, 0.15) is 5.82 Å². The van der Waals surface area contributed by atoms with Crippen LogP contribution in [0.15, 0.2) is 97.2 Å². The lowest BCUT2D eigenvalue weighted by Crippen LogP contribution is -2.41. The van der Waals surface area contributed by atoms with E-state index in [2.05, 4.69) is 15.2 Å². The molecule has 5 nitrogen and oxygen atoms in total. The molecule has 0 amide bonds. The first kappa shape index (κ1) is 24.5. The van der Waals surface area contributed by atoms with E-state index < -0.39 is 29.6 Å². The monoisotopic (exact) mass is 505 g/mol. The third-order valence-electron chi connectivity index (χ3n) is 8.05. The van der Waals surface area contributed by atoms with Crippen molar-refractivity contribution in [2.24, 2.45) is 0 Å². The van der Waals surface area contributed by atoms with E-state index in [0.717, 1.165) is 16.7 Å². The van der Waals surface area contributed by atoms with Crippen LogP contribution in [0, 0.1) is 5.82 Å². The quantitative estimate of drug-likeness (QED) is 0.243.